The Labute approximate surface area is 145 Å². The van der Waals surface area contributed by atoms with Crippen molar-refractivity contribution in [3.05, 3.63) is 0 Å². The molecule has 0 radical (unpaired) electrons. The van der Waals surface area contributed by atoms with Crippen LogP contribution in [0.5, 0.6) is 0 Å². The van der Waals surface area contributed by atoms with E-state index < -0.39 is 0 Å². The Morgan fingerprint density at radius 1 is 0.529 bits per heavy atom. The van der Waals surface area contributed by atoms with E-state index in [1.165, 1.54) is 23.0 Å². The molecule has 104 valence electrons. The predicted molar refractivity (Wildman–Crippen MR) is 108 cm³/mol. The fourth-order valence-corrected chi connectivity index (χ4v) is 6.49. The molecule has 0 amide bonds. The smallest absolute Gasteiger partial charge is 0.0362 e. The second-order valence-electron chi connectivity index (χ2n) is 3.41. The van der Waals surface area contributed by atoms with Gasteiger partial charge in [-0.3, -0.25) is 0 Å². The van der Waals surface area contributed by atoms with E-state index in [2.05, 4.69) is 50.5 Å². The molecule has 0 N–H and O–H groups in total. The molecule has 0 atom stereocenters. The highest BCUT2D eigenvalue weighted by molar-refractivity contribution is 8.11. The van der Waals surface area contributed by atoms with Crippen molar-refractivity contribution in [2.75, 3.05) is 43.4 Å². The lowest BCUT2D eigenvalue weighted by atomic mass is 9.99. The average molecular weight is 385 g/mol. The molecule has 0 aromatic heterocycles. The van der Waals surface area contributed by atoms with Crippen molar-refractivity contribution in [2.45, 2.75) is 0 Å². The number of thioether (sulfide) groups is 4. The molecule has 0 nitrogen and oxygen atoms in total. The van der Waals surface area contributed by atoms with Crippen LogP contribution in [0.15, 0.2) is 0 Å². The Balaban J connectivity index is 4.39. The quantitative estimate of drug-likeness (QED) is 0.290. The van der Waals surface area contributed by atoms with Crippen LogP contribution in [-0.4, -0.2) is 43.4 Å². The second kappa shape index (κ2) is 13.8. The van der Waals surface area contributed by atoms with E-state index in [-0.39, 0.29) is 0 Å². The van der Waals surface area contributed by atoms with Crippen molar-refractivity contribution in [2.24, 2.45) is 5.41 Å². The zero-order chi connectivity index (χ0) is 13.0. The van der Waals surface area contributed by atoms with E-state index >= 15 is 0 Å². The molecule has 0 unspecified atom stereocenters. The molecule has 0 aliphatic heterocycles. The number of hydrogen-bond donors (Lipinski definition) is 4. The van der Waals surface area contributed by atoms with Gasteiger partial charge in [-0.2, -0.15) is 97.6 Å². The van der Waals surface area contributed by atoms with Crippen LogP contribution >= 0.6 is 97.6 Å². The first-order valence-electron chi connectivity index (χ1n) is 4.99. The highest BCUT2D eigenvalue weighted by Gasteiger charge is 2.29. The van der Waals surface area contributed by atoms with Gasteiger partial charge in [-0.15, -0.1) is 0 Å². The molecule has 0 aromatic carbocycles. The van der Waals surface area contributed by atoms with Gasteiger partial charge in [-0.05, 0) is 0 Å². The molecule has 0 bridgehead atoms. The van der Waals surface area contributed by atoms with E-state index in [0.717, 1.165) is 20.3 Å². The zero-order valence-corrected chi connectivity index (χ0v) is 16.4. The summed E-state index contributed by atoms with van der Waals surface area (Å²) < 4.78 is 0. The van der Waals surface area contributed by atoms with Crippen LogP contribution in [-0.2, 0) is 0 Å². The van der Waals surface area contributed by atoms with E-state index in [1.807, 2.05) is 47.0 Å². The van der Waals surface area contributed by atoms with Crippen LogP contribution in [0.25, 0.3) is 0 Å². The van der Waals surface area contributed by atoms with Gasteiger partial charge in [0.05, 0.1) is 0 Å². The summed E-state index contributed by atoms with van der Waals surface area (Å²) in [5.74, 6) is 4.66. The molecule has 0 aromatic rings. The highest BCUT2D eigenvalue weighted by Crippen LogP contribution is 2.35. The molecule has 0 rings (SSSR count). The monoisotopic (exact) mass is 384 g/mol. The molecule has 0 heterocycles. The topological polar surface area (TPSA) is 0 Å². The third-order valence-electron chi connectivity index (χ3n) is 2.00. The van der Waals surface area contributed by atoms with Gasteiger partial charge >= 0.3 is 0 Å². The van der Waals surface area contributed by atoms with Crippen LogP contribution in [0.1, 0.15) is 0 Å². The molecule has 0 aliphatic rings. The molecule has 0 fully saturated rings. The van der Waals surface area contributed by atoms with E-state index in [1.54, 1.807) is 0 Å². The van der Waals surface area contributed by atoms with E-state index in [0.29, 0.717) is 5.41 Å². The normalized spacial score (nSPS) is 12.0. The summed E-state index contributed by atoms with van der Waals surface area (Å²) in [7, 11) is 0. The van der Waals surface area contributed by atoms with Gasteiger partial charge < -0.3 is 0 Å². The minimum absolute atomic E-state index is 0.363. The fourth-order valence-electron chi connectivity index (χ4n) is 1.30. The first-order valence-corrected chi connectivity index (χ1v) is 12.1. The predicted octanol–water partition coefficient (Wildman–Crippen LogP) is 4.45. The number of rotatable bonds is 12. The minimum Gasteiger partial charge on any atom is -0.168 e. The maximum Gasteiger partial charge on any atom is 0.0362 e. The van der Waals surface area contributed by atoms with Crippen molar-refractivity contribution in [3.63, 3.8) is 0 Å². The highest BCUT2D eigenvalue weighted by atomic mass is 32.2. The van der Waals surface area contributed by atoms with Crippen molar-refractivity contribution in [1.82, 2.24) is 0 Å². The van der Waals surface area contributed by atoms with Gasteiger partial charge in [0.15, 0.2) is 0 Å². The molecule has 0 aliphatic carbocycles. The van der Waals surface area contributed by atoms with Gasteiger partial charge in [-0.1, -0.05) is 0 Å². The maximum atomic E-state index is 4.30. The minimum atomic E-state index is 0.363. The summed E-state index contributed by atoms with van der Waals surface area (Å²) in [5.41, 5.74) is 0.363. The summed E-state index contributed by atoms with van der Waals surface area (Å²) in [4.78, 5) is 0. The zero-order valence-electron chi connectivity index (χ0n) is 9.58. The van der Waals surface area contributed by atoms with Crippen molar-refractivity contribution in [1.29, 1.82) is 0 Å². The van der Waals surface area contributed by atoms with E-state index in [9.17, 15) is 0 Å². The van der Waals surface area contributed by atoms with E-state index in [4.69, 9.17) is 0 Å². The molecule has 8 heteroatoms. The SMILES string of the molecule is SCSCC(CSCS)(CSCS)CSCS. The molecule has 17 heavy (non-hydrogen) atoms. The lowest BCUT2D eigenvalue weighted by molar-refractivity contribution is 0.517. The van der Waals surface area contributed by atoms with Crippen LogP contribution in [0.4, 0.5) is 0 Å². The van der Waals surface area contributed by atoms with Gasteiger partial charge in [0, 0.05) is 48.8 Å². The van der Waals surface area contributed by atoms with Crippen molar-refractivity contribution in [3.8, 4) is 0 Å². The van der Waals surface area contributed by atoms with Gasteiger partial charge in [0.25, 0.3) is 0 Å². The van der Waals surface area contributed by atoms with Crippen LogP contribution < -0.4 is 0 Å². The van der Waals surface area contributed by atoms with Crippen molar-refractivity contribution < 1.29 is 0 Å². The van der Waals surface area contributed by atoms with Crippen LogP contribution in [0.3, 0.4) is 0 Å². The largest absolute Gasteiger partial charge is 0.168 e. The Morgan fingerprint density at radius 3 is 0.941 bits per heavy atom. The number of thiol groups is 4. The second-order valence-corrected chi connectivity index (χ2v) is 10.3. The summed E-state index contributed by atoms with van der Waals surface area (Å²) in [6.07, 6.45) is 0. The lowest BCUT2D eigenvalue weighted by Gasteiger charge is -2.32. The average Bonchev–Trinajstić information content (AvgIpc) is 2.37. The molecule has 0 saturated carbocycles. The maximum absolute atomic E-state index is 4.30. The molecule has 0 spiro atoms. The lowest BCUT2D eigenvalue weighted by Crippen LogP contribution is -2.33. The van der Waals surface area contributed by atoms with Gasteiger partial charge in [-0.25, -0.2) is 0 Å². The molecular formula is C9H20S8. The first-order chi connectivity index (χ1) is 8.24. The number of hydrogen-bond acceptors (Lipinski definition) is 8. The Bertz CT molecular complexity index is 128. The summed E-state index contributed by atoms with van der Waals surface area (Å²) in [5, 5.41) is 3.57. The summed E-state index contributed by atoms with van der Waals surface area (Å²) >= 11 is 24.9. The van der Waals surface area contributed by atoms with Gasteiger partial charge in [0.1, 0.15) is 0 Å². The fraction of sp³-hybridized carbons (Fsp3) is 1.00. The van der Waals surface area contributed by atoms with Crippen LogP contribution in [0, 0.1) is 5.41 Å². The third kappa shape index (κ3) is 10.2. The molecular weight excluding hydrogens is 365 g/mol. The molecule has 0 saturated heterocycles. The first kappa shape index (κ1) is 19.8. The third-order valence-corrected chi connectivity index (χ3v) is 8.19. The van der Waals surface area contributed by atoms with Gasteiger partial charge in [0.2, 0.25) is 0 Å². The summed E-state index contributed by atoms with van der Waals surface area (Å²) in [6.45, 7) is 0. The standard InChI is InChI=1S/C9H20S8/c10-5-14-1-9(2-15-6-11,3-16-7-12)4-17-8-13/h10-13H,1-8H2. The van der Waals surface area contributed by atoms with Crippen molar-refractivity contribution >= 4 is 97.6 Å². The summed E-state index contributed by atoms with van der Waals surface area (Å²) in [6, 6.07) is 0. The van der Waals surface area contributed by atoms with Crippen LogP contribution in [0.2, 0.25) is 0 Å². The Kier molecular flexibility index (Phi) is 16.0. The Morgan fingerprint density at radius 2 is 0.765 bits per heavy atom. The Hall–Kier alpha value is 2.80.